The van der Waals surface area contributed by atoms with Crippen molar-refractivity contribution in [1.82, 2.24) is 14.5 Å². The molecule has 3 heterocycles. The van der Waals surface area contributed by atoms with Crippen LogP contribution in [0.15, 0.2) is 75.4 Å². The van der Waals surface area contributed by atoms with Gasteiger partial charge in [0.15, 0.2) is 16.4 Å². The summed E-state index contributed by atoms with van der Waals surface area (Å²) in [5, 5.41) is 10.9. The third kappa shape index (κ3) is 4.95. The molecule has 0 amide bonds. The second kappa shape index (κ2) is 11.1. The van der Waals surface area contributed by atoms with Gasteiger partial charge in [0, 0.05) is 23.9 Å². The summed E-state index contributed by atoms with van der Waals surface area (Å²) in [6.45, 7) is 5.90. The van der Waals surface area contributed by atoms with Crippen LogP contribution in [0.25, 0.3) is 11.1 Å². The highest BCUT2D eigenvalue weighted by Gasteiger charge is 2.32. The monoisotopic (exact) mass is 561 g/mol. The van der Waals surface area contributed by atoms with Crippen LogP contribution in [0.3, 0.4) is 0 Å². The van der Waals surface area contributed by atoms with Crippen molar-refractivity contribution < 1.29 is 23.0 Å². The van der Waals surface area contributed by atoms with E-state index < -0.39 is 32.2 Å². The Kier molecular flexibility index (Phi) is 7.62. The number of pyridine rings is 1. The van der Waals surface area contributed by atoms with Gasteiger partial charge in [-0.25, -0.2) is 8.42 Å². The molecule has 0 fully saturated rings. The number of ether oxygens (including phenoxy) is 2. The molecule has 1 aliphatic rings. The first-order valence-electron chi connectivity index (χ1n) is 13.3. The molecule has 4 aromatic rings. The van der Waals surface area contributed by atoms with Gasteiger partial charge in [-0.3, -0.25) is 14.3 Å². The fourth-order valence-electron chi connectivity index (χ4n) is 5.03. The highest BCUT2D eigenvalue weighted by atomic mass is 32.2. The SMILES string of the molecule is CCCCc1nc(O)c(S(=O)(=O)c2ccc(-c3cccnc3C)cc2)c(=O)n1C(CC)c1ccc2c(c1)OCO2. The molecule has 2 aromatic carbocycles. The predicted octanol–water partition coefficient (Wildman–Crippen LogP) is 5.22. The molecular formula is C30H31N3O6S. The Bertz CT molecular complexity index is 1710. The Morgan fingerprint density at radius 1 is 1.05 bits per heavy atom. The summed E-state index contributed by atoms with van der Waals surface area (Å²) in [4.78, 5) is 21.8. The van der Waals surface area contributed by atoms with Crippen LogP contribution in [-0.4, -0.2) is 34.9 Å². The van der Waals surface area contributed by atoms with Crippen LogP contribution >= 0.6 is 0 Å². The van der Waals surface area contributed by atoms with Gasteiger partial charge in [0.25, 0.3) is 5.56 Å². The average Bonchev–Trinajstić information content (AvgIpc) is 3.42. The predicted molar refractivity (Wildman–Crippen MR) is 150 cm³/mol. The molecule has 1 N–H and O–H groups in total. The van der Waals surface area contributed by atoms with Crippen molar-refractivity contribution in [3.63, 3.8) is 0 Å². The number of unbranched alkanes of at least 4 members (excludes halogenated alkanes) is 1. The Balaban J connectivity index is 1.63. The molecule has 40 heavy (non-hydrogen) atoms. The lowest BCUT2D eigenvalue weighted by Gasteiger charge is -2.23. The van der Waals surface area contributed by atoms with Crippen LogP contribution in [0.4, 0.5) is 0 Å². The van der Waals surface area contributed by atoms with Crippen molar-refractivity contribution in [1.29, 1.82) is 0 Å². The smallest absolute Gasteiger partial charge is 0.277 e. The average molecular weight is 562 g/mol. The van der Waals surface area contributed by atoms with E-state index in [9.17, 15) is 18.3 Å². The number of aromatic hydroxyl groups is 1. The number of sulfone groups is 1. The maximum Gasteiger partial charge on any atom is 0.277 e. The maximum atomic E-state index is 14.1. The molecule has 1 atom stereocenters. The van der Waals surface area contributed by atoms with Crippen LogP contribution in [0.1, 0.15) is 56.2 Å². The molecule has 0 saturated heterocycles. The molecule has 0 radical (unpaired) electrons. The second-order valence-electron chi connectivity index (χ2n) is 9.66. The van der Waals surface area contributed by atoms with E-state index in [1.165, 1.54) is 16.7 Å². The summed E-state index contributed by atoms with van der Waals surface area (Å²) >= 11 is 0. The van der Waals surface area contributed by atoms with E-state index in [1.807, 2.05) is 39.0 Å². The number of fused-ring (bicyclic) bond motifs is 1. The molecule has 1 unspecified atom stereocenters. The normalized spacial score (nSPS) is 13.4. The topological polar surface area (TPSA) is 121 Å². The van der Waals surface area contributed by atoms with Crippen LogP contribution in [-0.2, 0) is 16.3 Å². The summed E-state index contributed by atoms with van der Waals surface area (Å²) in [6, 6.07) is 14.8. The maximum absolute atomic E-state index is 14.1. The largest absolute Gasteiger partial charge is 0.492 e. The van der Waals surface area contributed by atoms with Gasteiger partial charge < -0.3 is 14.6 Å². The Morgan fingerprint density at radius 3 is 2.50 bits per heavy atom. The Hall–Kier alpha value is -4.18. The Morgan fingerprint density at radius 2 is 1.80 bits per heavy atom. The first-order valence-corrected chi connectivity index (χ1v) is 14.8. The minimum atomic E-state index is -4.41. The molecule has 0 aliphatic carbocycles. The molecule has 0 bridgehead atoms. The number of rotatable bonds is 9. The molecule has 2 aromatic heterocycles. The van der Waals surface area contributed by atoms with Crippen molar-refractivity contribution in [2.45, 2.75) is 62.3 Å². The number of hydrogen-bond acceptors (Lipinski definition) is 8. The summed E-state index contributed by atoms with van der Waals surface area (Å²) in [5.74, 6) is 0.701. The van der Waals surface area contributed by atoms with E-state index in [0.717, 1.165) is 28.8 Å². The fourth-order valence-corrected chi connectivity index (χ4v) is 6.37. The molecule has 0 saturated carbocycles. The van der Waals surface area contributed by atoms with Crippen LogP contribution < -0.4 is 15.0 Å². The van der Waals surface area contributed by atoms with Crippen molar-refractivity contribution >= 4 is 9.84 Å². The third-order valence-corrected chi connectivity index (χ3v) is 8.90. The van der Waals surface area contributed by atoms with Gasteiger partial charge in [-0.1, -0.05) is 44.5 Å². The van der Waals surface area contributed by atoms with E-state index in [-0.39, 0.29) is 11.7 Å². The van der Waals surface area contributed by atoms with E-state index in [0.29, 0.717) is 36.6 Å². The van der Waals surface area contributed by atoms with Gasteiger partial charge in [-0.05, 0) is 61.2 Å². The molecule has 1 aliphatic heterocycles. The number of hydrogen-bond donors (Lipinski definition) is 1. The zero-order valence-electron chi connectivity index (χ0n) is 22.6. The molecule has 9 nitrogen and oxygen atoms in total. The van der Waals surface area contributed by atoms with Crippen molar-refractivity contribution in [2.24, 2.45) is 0 Å². The van der Waals surface area contributed by atoms with Crippen molar-refractivity contribution in [3.8, 4) is 28.5 Å². The number of nitrogens with zero attached hydrogens (tertiary/aromatic N) is 3. The number of aryl methyl sites for hydroxylation is 2. The lowest BCUT2D eigenvalue weighted by atomic mass is 10.0. The first-order chi connectivity index (χ1) is 19.3. The quantitative estimate of drug-likeness (QED) is 0.295. The molecule has 0 spiro atoms. The molecule has 10 heteroatoms. The number of benzene rings is 2. The van der Waals surface area contributed by atoms with Crippen LogP contribution in [0.5, 0.6) is 17.4 Å². The third-order valence-electron chi connectivity index (χ3n) is 7.11. The zero-order valence-corrected chi connectivity index (χ0v) is 23.4. The van der Waals surface area contributed by atoms with Gasteiger partial charge in [0.1, 0.15) is 5.82 Å². The first kappa shape index (κ1) is 27.4. The summed E-state index contributed by atoms with van der Waals surface area (Å²) < 4.78 is 40.0. The van der Waals surface area contributed by atoms with E-state index in [1.54, 1.807) is 30.5 Å². The van der Waals surface area contributed by atoms with Gasteiger partial charge >= 0.3 is 0 Å². The highest BCUT2D eigenvalue weighted by Crippen LogP contribution is 2.36. The van der Waals surface area contributed by atoms with Crippen LogP contribution in [0, 0.1) is 6.92 Å². The molecule has 208 valence electrons. The van der Waals surface area contributed by atoms with Gasteiger partial charge in [-0.2, -0.15) is 4.98 Å². The minimum Gasteiger partial charge on any atom is -0.492 e. The van der Waals surface area contributed by atoms with Gasteiger partial charge in [-0.15, -0.1) is 0 Å². The lowest BCUT2D eigenvalue weighted by molar-refractivity contribution is 0.174. The van der Waals surface area contributed by atoms with Crippen LogP contribution in [0.2, 0.25) is 0 Å². The van der Waals surface area contributed by atoms with E-state index in [4.69, 9.17) is 9.47 Å². The lowest BCUT2D eigenvalue weighted by Crippen LogP contribution is -2.33. The molecular weight excluding hydrogens is 530 g/mol. The van der Waals surface area contributed by atoms with Gasteiger partial charge in [0.2, 0.25) is 22.5 Å². The van der Waals surface area contributed by atoms with Crippen molar-refractivity contribution in [3.05, 3.63) is 88.2 Å². The van der Waals surface area contributed by atoms with E-state index in [2.05, 4.69) is 9.97 Å². The second-order valence-corrected chi connectivity index (χ2v) is 11.5. The summed E-state index contributed by atoms with van der Waals surface area (Å²) in [7, 11) is -4.41. The Labute approximate surface area is 233 Å². The van der Waals surface area contributed by atoms with Gasteiger partial charge in [0.05, 0.1) is 10.9 Å². The van der Waals surface area contributed by atoms with E-state index >= 15 is 0 Å². The fraction of sp³-hybridized carbons (Fsp3) is 0.300. The standard InChI is InChI=1S/C30H31N3O6S/c1-4-6-9-27-32-29(34)28(30(35)33(27)24(5-2)21-12-15-25-26(17-21)39-18-38-25)40(36,37)22-13-10-20(11-14-22)23-8-7-16-31-19(23)3/h7-8,10-17,24,34H,4-6,9,18H2,1-3H3. The zero-order chi connectivity index (χ0) is 28.4. The van der Waals surface area contributed by atoms with Crippen molar-refractivity contribution in [2.75, 3.05) is 6.79 Å². The number of aromatic nitrogens is 3. The highest BCUT2D eigenvalue weighted by molar-refractivity contribution is 7.91. The molecule has 5 rings (SSSR count). The summed E-state index contributed by atoms with van der Waals surface area (Å²) in [5.41, 5.74) is 2.40. The minimum absolute atomic E-state index is 0.111. The summed E-state index contributed by atoms with van der Waals surface area (Å²) in [6.07, 6.45) is 4.12.